The number of amides is 1. The molecule has 3 heterocycles. The second kappa shape index (κ2) is 9.97. The van der Waals surface area contributed by atoms with Crippen molar-refractivity contribution in [3.8, 4) is 5.69 Å². The SMILES string of the molecule is O=C(NN1CCCCC1)c1nn(-c2ccc(Cl)cc2Cl)c2c1CS(=O)(=O)CC2=Cc1ccc(F)cc1. The van der Waals surface area contributed by atoms with E-state index in [1.54, 1.807) is 36.4 Å². The van der Waals surface area contributed by atoms with Crippen LogP contribution in [0.1, 0.15) is 46.6 Å². The maximum atomic E-state index is 13.5. The highest BCUT2D eigenvalue weighted by Gasteiger charge is 2.35. The lowest BCUT2D eigenvalue weighted by atomic mass is 10.0. The molecule has 1 N–H and O–H groups in total. The average molecular weight is 549 g/mol. The lowest BCUT2D eigenvalue weighted by Crippen LogP contribution is -2.45. The van der Waals surface area contributed by atoms with Gasteiger partial charge in [0.05, 0.1) is 27.9 Å². The second-order valence-electron chi connectivity index (χ2n) is 8.93. The summed E-state index contributed by atoms with van der Waals surface area (Å²) in [6.07, 6.45) is 4.70. The van der Waals surface area contributed by atoms with E-state index in [0.717, 1.165) is 19.3 Å². The van der Waals surface area contributed by atoms with Crippen molar-refractivity contribution in [1.82, 2.24) is 20.2 Å². The van der Waals surface area contributed by atoms with Crippen molar-refractivity contribution >= 4 is 50.6 Å². The number of carbonyl (C=O) groups excluding carboxylic acids is 1. The van der Waals surface area contributed by atoms with Crippen LogP contribution >= 0.6 is 23.2 Å². The summed E-state index contributed by atoms with van der Waals surface area (Å²) in [7, 11) is -3.59. The zero-order chi connectivity index (χ0) is 25.4. The van der Waals surface area contributed by atoms with Gasteiger partial charge in [-0.15, -0.1) is 0 Å². The molecular weight excluding hydrogens is 526 g/mol. The first-order chi connectivity index (χ1) is 17.2. The van der Waals surface area contributed by atoms with Gasteiger partial charge in [-0.3, -0.25) is 10.2 Å². The van der Waals surface area contributed by atoms with Crippen LogP contribution < -0.4 is 5.43 Å². The molecule has 11 heteroatoms. The first kappa shape index (κ1) is 25.0. The van der Waals surface area contributed by atoms with Gasteiger partial charge in [-0.05, 0) is 60.4 Å². The minimum absolute atomic E-state index is 0.0230. The lowest BCUT2D eigenvalue weighted by molar-refractivity contribution is 0.0743. The molecule has 3 aromatic rings. The van der Waals surface area contributed by atoms with Gasteiger partial charge in [-0.2, -0.15) is 5.10 Å². The number of sulfone groups is 1. The van der Waals surface area contributed by atoms with Crippen molar-refractivity contribution in [2.45, 2.75) is 25.0 Å². The van der Waals surface area contributed by atoms with Gasteiger partial charge in [-0.1, -0.05) is 41.8 Å². The van der Waals surface area contributed by atoms with Gasteiger partial charge in [0.15, 0.2) is 15.5 Å². The smallest absolute Gasteiger partial charge is 0.283 e. The molecule has 1 amide bonds. The molecule has 1 saturated heterocycles. The number of carbonyl (C=O) groups is 1. The molecular formula is C25H23Cl2FN4O3S. The minimum atomic E-state index is -3.59. The van der Waals surface area contributed by atoms with E-state index >= 15 is 0 Å². The van der Waals surface area contributed by atoms with Gasteiger partial charge in [-0.25, -0.2) is 22.5 Å². The highest BCUT2D eigenvalue weighted by molar-refractivity contribution is 7.91. The summed E-state index contributed by atoms with van der Waals surface area (Å²) in [6, 6.07) is 10.6. The maximum absolute atomic E-state index is 13.5. The Morgan fingerprint density at radius 2 is 1.75 bits per heavy atom. The molecule has 2 aliphatic rings. The number of nitrogens with zero attached hydrogens (tertiary/aromatic N) is 3. The molecule has 0 saturated carbocycles. The number of rotatable bonds is 4. The highest BCUT2D eigenvalue weighted by Crippen LogP contribution is 2.36. The summed E-state index contributed by atoms with van der Waals surface area (Å²) in [5.74, 6) is -1.47. The molecule has 0 bridgehead atoms. The molecule has 2 aliphatic heterocycles. The Kier molecular flexibility index (Phi) is 6.91. The third-order valence-corrected chi connectivity index (χ3v) is 8.22. The summed E-state index contributed by atoms with van der Waals surface area (Å²) in [6.45, 7) is 1.43. The average Bonchev–Trinajstić information content (AvgIpc) is 3.19. The molecule has 0 unspecified atom stereocenters. The Balaban J connectivity index is 1.68. The van der Waals surface area contributed by atoms with E-state index in [4.69, 9.17) is 23.2 Å². The quantitative estimate of drug-likeness (QED) is 0.500. The van der Waals surface area contributed by atoms with Crippen molar-refractivity contribution in [2.24, 2.45) is 0 Å². The number of aromatic nitrogens is 2. The molecule has 1 fully saturated rings. The van der Waals surface area contributed by atoms with Crippen LogP contribution in [0, 0.1) is 5.82 Å². The van der Waals surface area contributed by atoms with Crippen LogP contribution in [-0.4, -0.2) is 48.0 Å². The van der Waals surface area contributed by atoms with E-state index in [0.29, 0.717) is 51.2 Å². The van der Waals surface area contributed by atoms with Gasteiger partial charge in [0, 0.05) is 23.7 Å². The van der Waals surface area contributed by atoms with Crippen LogP contribution in [0.25, 0.3) is 17.3 Å². The number of piperidine rings is 1. The molecule has 7 nitrogen and oxygen atoms in total. The molecule has 0 aliphatic carbocycles. The van der Waals surface area contributed by atoms with Crippen LogP contribution in [0.2, 0.25) is 10.0 Å². The van der Waals surface area contributed by atoms with Crippen LogP contribution in [-0.2, 0) is 15.6 Å². The van der Waals surface area contributed by atoms with E-state index in [9.17, 15) is 17.6 Å². The summed E-state index contributed by atoms with van der Waals surface area (Å²) in [5.41, 5.74) is 5.18. The molecule has 36 heavy (non-hydrogen) atoms. The molecule has 0 spiro atoms. The fourth-order valence-electron chi connectivity index (χ4n) is 4.58. The normalized spacial score (nSPS) is 18.7. The van der Waals surface area contributed by atoms with Crippen LogP contribution in [0.4, 0.5) is 4.39 Å². The van der Waals surface area contributed by atoms with Gasteiger partial charge in [0.1, 0.15) is 5.82 Å². The summed E-state index contributed by atoms with van der Waals surface area (Å²) in [4.78, 5) is 13.3. The number of fused-ring (bicyclic) bond motifs is 1. The Hall–Kier alpha value is -2.72. The van der Waals surface area contributed by atoms with Gasteiger partial charge >= 0.3 is 0 Å². The van der Waals surface area contributed by atoms with Gasteiger partial charge in [0.25, 0.3) is 5.91 Å². The standard InChI is InChI=1S/C25H23Cl2FN4O3S/c26-18-6-9-22(21(27)13-18)32-24-17(12-16-4-7-19(28)8-5-16)14-36(34,35)15-20(24)23(29-32)25(33)30-31-10-2-1-3-11-31/h4-9,12-13H,1-3,10-11,14-15H2,(H,30,33). The summed E-state index contributed by atoms with van der Waals surface area (Å²) in [5, 5.41) is 7.13. The first-order valence-corrected chi connectivity index (χ1v) is 14.1. The molecule has 1 aromatic heterocycles. The lowest BCUT2D eigenvalue weighted by Gasteiger charge is -2.26. The zero-order valence-electron chi connectivity index (χ0n) is 19.2. The minimum Gasteiger partial charge on any atom is -0.283 e. The van der Waals surface area contributed by atoms with Crippen LogP contribution in [0.3, 0.4) is 0 Å². The van der Waals surface area contributed by atoms with Gasteiger partial charge in [0.2, 0.25) is 0 Å². The van der Waals surface area contributed by atoms with Crippen LogP contribution in [0.5, 0.6) is 0 Å². The molecule has 2 aromatic carbocycles. The Labute approximate surface area is 218 Å². The predicted molar refractivity (Wildman–Crippen MR) is 138 cm³/mol. The Morgan fingerprint density at radius 3 is 2.44 bits per heavy atom. The predicted octanol–water partition coefficient (Wildman–Crippen LogP) is 4.92. The monoisotopic (exact) mass is 548 g/mol. The number of hydrazine groups is 1. The maximum Gasteiger partial charge on any atom is 0.286 e. The number of nitrogens with one attached hydrogen (secondary N) is 1. The molecule has 188 valence electrons. The van der Waals surface area contributed by atoms with Crippen molar-refractivity contribution in [2.75, 3.05) is 18.8 Å². The zero-order valence-corrected chi connectivity index (χ0v) is 21.5. The summed E-state index contributed by atoms with van der Waals surface area (Å²) < 4.78 is 40.9. The number of hydrogen-bond donors (Lipinski definition) is 1. The van der Waals surface area contributed by atoms with Crippen molar-refractivity contribution in [3.05, 3.63) is 80.8 Å². The van der Waals surface area contributed by atoms with Crippen molar-refractivity contribution in [1.29, 1.82) is 0 Å². The molecule has 0 radical (unpaired) electrons. The Morgan fingerprint density at radius 1 is 1.03 bits per heavy atom. The van der Waals surface area contributed by atoms with Crippen molar-refractivity contribution < 1.29 is 17.6 Å². The highest BCUT2D eigenvalue weighted by atomic mass is 35.5. The number of benzene rings is 2. The van der Waals surface area contributed by atoms with E-state index in [1.807, 2.05) is 5.01 Å². The van der Waals surface area contributed by atoms with E-state index < -0.39 is 21.6 Å². The largest absolute Gasteiger partial charge is 0.286 e. The third kappa shape index (κ3) is 5.20. The number of hydrogen-bond acceptors (Lipinski definition) is 5. The fraction of sp³-hybridized carbons (Fsp3) is 0.280. The van der Waals surface area contributed by atoms with E-state index in [1.165, 1.54) is 16.8 Å². The second-order valence-corrected chi connectivity index (χ2v) is 11.8. The Bertz CT molecular complexity index is 1460. The van der Waals surface area contributed by atoms with E-state index in [-0.39, 0.29) is 17.2 Å². The van der Waals surface area contributed by atoms with Crippen LogP contribution in [0.15, 0.2) is 42.5 Å². The topological polar surface area (TPSA) is 84.3 Å². The molecule has 0 atom stereocenters. The van der Waals surface area contributed by atoms with Crippen molar-refractivity contribution in [3.63, 3.8) is 0 Å². The van der Waals surface area contributed by atoms with Gasteiger partial charge < -0.3 is 0 Å². The third-order valence-electron chi connectivity index (χ3n) is 6.21. The first-order valence-electron chi connectivity index (χ1n) is 11.5. The van der Waals surface area contributed by atoms with E-state index in [2.05, 4.69) is 10.5 Å². The number of halogens is 3. The fourth-order valence-corrected chi connectivity index (χ4v) is 6.57. The summed E-state index contributed by atoms with van der Waals surface area (Å²) >= 11 is 12.6. The molecule has 5 rings (SSSR count).